The average molecular weight is 278 g/mol. The first kappa shape index (κ1) is 16.1. The summed E-state index contributed by atoms with van der Waals surface area (Å²) in [6.45, 7) is 3.84. The Balaban J connectivity index is 1.56. The molecule has 0 aromatic carbocycles. The SMILES string of the molecule is C=CCC[C@H]1CC[C@H](CC[C@H]2CC[C@H](OC)CC2)CC1. The molecule has 20 heavy (non-hydrogen) atoms. The molecular weight excluding hydrogens is 244 g/mol. The maximum atomic E-state index is 5.47. The minimum atomic E-state index is 0.562. The van der Waals surface area contributed by atoms with Crippen molar-refractivity contribution in [1.82, 2.24) is 0 Å². The topological polar surface area (TPSA) is 9.23 Å². The van der Waals surface area contributed by atoms with Crippen molar-refractivity contribution in [3.05, 3.63) is 12.7 Å². The fourth-order valence-corrected chi connectivity index (χ4v) is 4.29. The van der Waals surface area contributed by atoms with Gasteiger partial charge in [-0.3, -0.25) is 0 Å². The van der Waals surface area contributed by atoms with Gasteiger partial charge in [0.15, 0.2) is 0 Å². The third-order valence-corrected chi connectivity index (χ3v) is 5.86. The Bertz CT molecular complexity index is 257. The monoisotopic (exact) mass is 278 g/mol. The van der Waals surface area contributed by atoms with Crippen LogP contribution in [-0.2, 0) is 4.74 Å². The minimum absolute atomic E-state index is 0.562. The minimum Gasteiger partial charge on any atom is -0.381 e. The van der Waals surface area contributed by atoms with Gasteiger partial charge in [-0.2, -0.15) is 0 Å². The van der Waals surface area contributed by atoms with Gasteiger partial charge in [0.1, 0.15) is 0 Å². The molecule has 0 aromatic rings. The summed E-state index contributed by atoms with van der Waals surface area (Å²) in [5.74, 6) is 3.04. The predicted molar refractivity (Wildman–Crippen MR) is 86.9 cm³/mol. The summed E-state index contributed by atoms with van der Waals surface area (Å²) in [5, 5.41) is 0. The molecule has 2 aliphatic carbocycles. The van der Waals surface area contributed by atoms with Gasteiger partial charge in [-0.25, -0.2) is 0 Å². The number of allylic oxidation sites excluding steroid dienone is 1. The van der Waals surface area contributed by atoms with Crippen LogP contribution in [0.5, 0.6) is 0 Å². The van der Waals surface area contributed by atoms with Gasteiger partial charge in [0.05, 0.1) is 6.10 Å². The van der Waals surface area contributed by atoms with Crippen molar-refractivity contribution in [2.75, 3.05) is 7.11 Å². The van der Waals surface area contributed by atoms with Crippen LogP contribution in [0, 0.1) is 17.8 Å². The van der Waals surface area contributed by atoms with Crippen LogP contribution in [0.2, 0.25) is 0 Å². The molecule has 0 aliphatic heterocycles. The lowest BCUT2D eigenvalue weighted by atomic mass is 9.76. The summed E-state index contributed by atoms with van der Waals surface area (Å²) in [5.41, 5.74) is 0. The number of rotatable bonds is 7. The van der Waals surface area contributed by atoms with Crippen LogP contribution in [-0.4, -0.2) is 13.2 Å². The van der Waals surface area contributed by atoms with Gasteiger partial charge in [-0.15, -0.1) is 6.58 Å². The van der Waals surface area contributed by atoms with Crippen molar-refractivity contribution in [3.63, 3.8) is 0 Å². The second-order valence-electron chi connectivity index (χ2n) is 7.21. The Morgan fingerprint density at radius 1 is 0.800 bits per heavy atom. The van der Waals surface area contributed by atoms with Gasteiger partial charge in [0.25, 0.3) is 0 Å². The second kappa shape index (κ2) is 8.87. The van der Waals surface area contributed by atoms with Crippen molar-refractivity contribution >= 4 is 0 Å². The third-order valence-electron chi connectivity index (χ3n) is 5.86. The second-order valence-corrected chi connectivity index (χ2v) is 7.21. The first-order chi connectivity index (χ1) is 9.81. The van der Waals surface area contributed by atoms with Crippen LogP contribution >= 0.6 is 0 Å². The fourth-order valence-electron chi connectivity index (χ4n) is 4.29. The van der Waals surface area contributed by atoms with Crippen molar-refractivity contribution in [2.45, 2.75) is 83.2 Å². The summed E-state index contributed by atoms with van der Waals surface area (Å²) in [6, 6.07) is 0. The van der Waals surface area contributed by atoms with E-state index in [1.165, 1.54) is 77.0 Å². The molecule has 0 atom stereocenters. The van der Waals surface area contributed by atoms with E-state index in [0.717, 1.165) is 17.8 Å². The molecule has 2 aliphatic rings. The molecule has 0 bridgehead atoms. The quantitative estimate of drug-likeness (QED) is 0.539. The Kier molecular flexibility index (Phi) is 7.13. The van der Waals surface area contributed by atoms with E-state index in [1.54, 1.807) is 0 Å². The van der Waals surface area contributed by atoms with E-state index in [9.17, 15) is 0 Å². The molecule has 2 fully saturated rings. The Morgan fingerprint density at radius 2 is 1.25 bits per heavy atom. The standard InChI is InChI=1S/C19H34O/c1-3-4-5-16-6-8-17(9-7-16)10-11-18-12-14-19(20-2)15-13-18/h3,16-19H,1,4-15H2,2H3/t16-,17-,18-,19-. The normalized spacial score (nSPS) is 34.9. The van der Waals surface area contributed by atoms with Crippen molar-refractivity contribution in [3.8, 4) is 0 Å². The molecule has 0 aromatic heterocycles. The van der Waals surface area contributed by atoms with Crippen LogP contribution in [0.4, 0.5) is 0 Å². The summed E-state index contributed by atoms with van der Waals surface area (Å²) in [6.07, 6.45) is 19.6. The van der Waals surface area contributed by atoms with Crippen LogP contribution in [0.3, 0.4) is 0 Å². The molecule has 0 spiro atoms. The van der Waals surface area contributed by atoms with Gasteiger partial charge in [0.2, 0.25) is 0 Å². The lowest BCUT2D eigenvalue weighted by molar-refractivity contribution is 0.0540. The largest absolute Gasteiger partial charge is 0.381 e. The zero-order valence-electron chi connectivity index (χ0n) is 13.5. The first-order valence-electron chi connectivity index (χ1n) is 8.95. The summed E-state index contributed by atoms with van der Waals surface area (Å²) in [4.78, 5) is 0. The molecule has 0 N–H and O–H groups in total. The van der Waals surface area contributed by atoms with Crippen molar-refractivity contribution in [2.24, 2.45) is 17.8 Å². The van der Waals surface area contributed by atoms with Gasteiger partial charge in [0, 0.05) is 7.11 Å². The highest BCUT2D eigenvalue weighted by atomic mass is 16.5. The maximum absolute atomic E-state index is 5.47. The molecule has 0 amide bonds. The van der Waals surface area contributed by atoms with E-state index < -0.39 is 0 Å². The zero-order chi connectivity index (χ0) is 14.2. The number of ether oxygens (including phenoxy) is 1. The smallest absolute Gasteiger partial charge is 0.0571 e. The lowest BCUT2D eigenvalue weighted by Crippen LogP contribution is -2.21. The molecule has 116 valence electrons. The fraction of sp³-hybridized carbons (Fsp3) is 0.895. The molecular formula is C19H34O. The number of methoxy groups -OCH3 is 1. The summed E-state index contributed by atoms with van der Waals surface area (Å²) < 4.78 is 5.47. The third kappa shape index (κ3) is 5.24. The van der Waals surface area contributed by atoms with E-state index >= 15 is 0 Å². The van der Waals surface area contributed by atoms with E-state index in [4.69, 9.17) is 4.74 Å². The average Bonchev–Trinajstić information content (AvgIpc) is 2.52. The predicted octanol–water partition coefficient (Wildman–Crippen LogP) is 5.74. The Hall–Kier alpha value is -0.300. The molecule has 0 heterocycles. The highest BCUT2D eigenvalue weighted by molar-refractivity contribution is 4.78. The van der Waals surface area contributed by atoms with Crippen LogP contribution in [0.25, 0.3) is 0 Å². The highest BCUT2D eigenvalue weighted by Crippen LogP contribution is 2.36. The van der Waals surface area contributed by atoms with Gasteiger partial charge in [-0.1, -0.05) is 44.6 Å². The molecule has 1 nitrogen and oxygen atoms in total. The van der Waals surface area contributed by atoms with Crippen LogP contribution < -0.4 is 0 Å². The van der Waals surface area contributed by atoms with Crippen LogP contribution in [0.1, 0.15) is 77.0 Å². The molecule has 0 radical (unpaired) electrons. The van der Waals surface area contributed by atoms with Gasteiger partial charge in [-0.05, 0) is 56.3 Å². The number of hydrogen-bond acceptors (Lipinski definition) is 1. The molecule has 1 heteroatoms. The van der Waals surface area contributed by atoms with Crippen LogP contribution in [0.15, 0.2) is 12.7 Å². The molecule has 2 saturated carbocycles. The molecule has 2 rings (SSSR count). The highest BCUT2D eigenvalue weighted by Gasteiger charge is 2.24. The van der Waals surface area contributed by atoms with E-state index in [0.29, 0.717) is 6.10 Å². The molecule has 0 unspecified atom stereocenters. The van der Waals surface area contributed by atoms with Crippen molar-refractivity contribution < 1.29 is 4.74 Å². The maximum Gasteiger partial charge on any atom is 0.0571 e. The van der Waals surface area contributed by atoms with E-state index in [-0.39, 0.29) is 0 Å². The summed E-state index contributed by atoms with van der Waals surface area (Å²) >= 11 is 0. The lowest BCUT2D eigenvalue weighted by Gasteiger charge is -2.31. The Labute approximate surface area is 126 Å². The summed E-state index contributed by atoms with van der Waals surface area (Å²) in [7, 11) is 1.87. The van der Waals surface area contributed by atoms with Gasteiger partial charge < -0.3 is 4.74 Å². The van der Waals surface area contributed by atoms with E-state index in [1.807, 2.05) is 7.11 Å². The van der Waals surface area contributed by atoms with Crippen molar-refractivity contribution in [1.29, 1.82) is 0 Å². The van der Waals surface area contributed by atoms with Gasteiger partial charge >= 0.3 is 0 Å². The number of hydrogen-bond donors (Lipinski definition) is 0. The Morgan fingerprint density at radius 3 is 1.70 bits per heavy atom. The van der Waals surface area contributed by atoms with E-state index in [2.05, 4.69) is 12.7 Å². The first-order valence-corrected chi connectivity index (χ1v) is 8.95. The zero-order valence-corrected chi connectivity index (χ0v) is 13.5. The molecule has 0 saturated heterocycles.